The van der Waals surface area contributed by atoms with Gasteiger partial charge in [-0.25, -0.2) is 9.59 Å². The van der Waals surface area contributed by atoms with E-state index in [1.165, 1.54) is 6.08 Å². The summed E-state index contributed by atoms with van der Waals surface area (Å²) in [6.45, 7) is 7.89. The molecule has 0 amide bonds. The lowest BCUT2D eigenvalue weighted by Gasteiger charge is -2.16. The first-order valence-electron chi connectivity index (χ1n) is 9.48. The van der Waals surface area contributed by atoms with Gasteiger partial charge in [-0.3, -0.25) is 0 Å². The van der Waals surface area contributed by atoms with E-state index in [9.17, 15) is 9.59 Å². The van der Waals surface area contributed by atoms with Crippen LogP contribution in [0.1, 0.15) is 49.4 Å². The van der Waals surface area contributed by atoms with Crippen LogP contribution in [0.3, 0.4) is 0 Å². The van der Waals surface area contributed by atoms with Crippen molar-refractivity contribution in [1.82, 2.24) is 0 Å². The standard InChI is InChI=1S/C24H24O5/c1-5-27-23(26)21-18-15-17(12-13-19(18)29-22(21)24(2,3)4)28-20(25)14-11-16-9-7-6-8-10-16/h6-15H,5H2,1-4H3. The molecule has 0 atom stereocenters. The van der Waals surface area contributed by atoms with Crippen molar-refractivity contribution in [3.05, 3.63) is 71.5 Å². The second-order valence-electron chi connectivity index (χ2n) is 7.60. The topological polar surface area (TPSA) is 65.7 Å². The van der Waals surface area contributed by atoms with Crippen LogP contribution in [0.15, 0.2) is 59.0 Å². The molecule has 29 heavy (non-hydrogen) atoms. The first kappa shape index (κ1) is 20.4. The minimum Gasteiger partial charge on any atom is -0.462 e. The van der Waals surface area contributed by atoms with Crippen LogP contribution < -0.4 is 4.74 Å². The van der Waals surface area contributed by atoms with Gasteiger partial charge in [0.1, 0.15) is 22.7 Å². The lowest BCUT2D eigenvalue weighted by Crippen LogP contribution is -2.16. The zero-order valence-electron chi connectivity index (χ0n) is 17.0. The molecule has 1 aromatic heterocycles. The molecular weight excluding hydrogens is 368 g/mol. The lowest BCUT2D eigenvalue weighted by molar-refractivity contribution is -0.128. The van der Waals surface area contributed by atoms with Gasteiger partial charge in [0.05, 0.1) is 6.61 Å². The molecule has 3 rings (SSSR count). The zero-order chi connectivity index (χ0) is 21.0. The predicted octanol–water partition coefficient (Wildman–Crippen LogP) is 5.53. The van der Waals surface area contributed by atoms with E-state index in [2.05, 4.69) is 0 Å². The van der Waals surface area contributed by atoms with E-state index in [0.717, 1.165) is 5.56 Å². The Labute approximate surface area is 169 Å². The van der Waals surface area contributed by atoms with Gasteiger partial charge in [-0.2, -0.15) is 0 Å². The van der Waals surface area contributed by atoms with Crippen LogP contribution in [-0.2, 0) is 14.9 Å². The monoisotopic (exact) mass is 392 g/mol. The summed E-state index contributed by atoms with van der Waals surface area (Å²) in [5.74, 6) is -0.0977. The van der Waals surface area contributed by atoms with Crippen molar-refractivity contribution in [1.29, 1.82) is 0 Å². The molecule has 0 saturated carbocycles. The quantitative estimate of drug-likeness (QED) is 0.325. The largest absolute Gasteiger partial charge is 0.462 e. The average molecular weight is 392 g/mol. The van der Waals surface area contributed by atoms with Crippen LogP contribution in [0.4, 0.5) is 0 Å². The van der Waals surface area contributed by atoms with E-state index < -0.39 is 17.4 Å². The fraction of sp³-hybridized carbons (Fsp3) is 0.250. The molecule has 0 bridgehead atoms. The third kappa shape index (κ3) is 4.74. The molecule has 3 aromatic rings. The van der Waals surface area contributed by atoms with Crippen molar-refractivity contribution in [3.8, 4) is 5.75 Å². The van der Waals surface area contributed by atoms with Gasteiger partial charge in [0, 0.05) is 16.9 Å². The predicted molar refractivity (Wildman–Crippen MR) is 112 cm³/mol. The number of fused-ring (bicyclic) bond motifs is 1. The molecule has 0 aliphatic carbocycles. The third-order valence-corrected chi connectivity index (χ3v) is 4.25. The number of benzene rings is 2. The van der Waals surface area contributed by atoms with Crippen molar-refractivity contribution < 1.29 is 23.5 Å². The Kier molecular flexibility index (Phi) is 5.87. The normalized spacial score (nSPS) is 11.7. The molecule has 5 nitrogen and oxygen atoms in total. The van der Waals surface area contributed by atoms with E-state index in [-0.39, 0.29) is 6.61 Å². The van der Waals surface area contributed by atoms with E-state index in [1.54, 1.807) is 31.2 Å². The highest BCUT2D eigenvalue weighted by Gasteiger charge is 2.30. The molecule has 0 fully saturated rings. The number of carbonyl (C=O) groups excluding carboxylic acids is 2. The number of carbonyl (C=O) groups is 2. The van der Waals surface area contributed by atoms with Crippen LogP contribution in [0.2, 0.25) is 0 Å². The number of ether oxygens (including phenoxy) is 2. The molecule has 0 radical (unpaired) electrons. The van der Waals surface area contributed by atoms with Crippen LogP contribution in [0, 0.1) is 0 Å². The summed E-state index contributed by atoms with van der Waals surface area (Å²) in [5.41, 5.74) is 1.41. The molecule has 150 valence electrons. The fourth-order valence-electron chi connectivity index (χ4n) is 2.95. The molecule has 0 aliphatic heterocycles. The highest BCUT2D eigenvalue weighted by molar-refractivity contribution is 6.05. The first-order valence-corrected chi connectivity index (χ1v) is 9.48. The van der Waals surface area contributed by atoms with Crippen LogP contribution in [0.5, 0.6) is 5.75 Å². The van der Waals surface area contributed by atoms with Crippen LogP contribution in [-0.4, -0.2) is 18.5 Å². The summed E-state index contributed by atoms with van der Waals surface area (Å²) in [6.07, 6.45) is 3.04. The maximum atomic E-state index is 12.6. The average Bonchev–Trinajstić information content (AvgIpc) is 3.07. The van der Waals surface area contributed by atoms with E-state index in [4.69, 9.17) is 13.9 Å². The Hall–Kier alpha value is -3.34. The summed E-state index contributed by atoms with van der Waals surface area (Å²) >= 11 is 0. The Bertz CT molecular complexity index is 1050. The Morgan fingerprint density at radius 3 is 2.45 bits per heavy atom. The minimum atomic E-state index is -0.509. The Balaban J connectivity index is 1.92. The third-order valence-electron chi connectivity index (χ3n) is 4.25. The summed E-state index contributed by atoms with van der Waals surface area (Å²) in [7, 11) is 0. The van der Waals surface area contributed by atoms with Crippen molar-refractivity contribution in [2.45, 2.75) is 33.1 Å². The fourth-order valence-corrected chi connectivity index (χ4v) is 2.95. The summed E-state index contributed by atoms with van der Waals surface area (Å²) < 4.78 is 16.6. The van der Waals surface area contributed by atoms with Crippen molar-refractivity contribution in [3.63, 3.8) is 0 Å². The lowest BCUT2D eigenvalue weighted by atomic mass is 9.89. The summed E-state index contributed by atoms with van der Waals surface area (Å²) in [6, 6.07) is 14.4. The van der Waals surface area contributed by atoms with Crippen LogP contribution >= 0.6 is 0 Å². The van der Waals surface area contributed by atoms with Crippen molar-refractivity contribution >= 4 is 29.0 Å². The molecule has 1 heterocycles. The number of rotatable bonds is 5. The van der Waals surface area contributed by atoms with E-state index >= 15 is 0 Å². The molecule has 0 aliphatic rings. The highest BCUT2D eigenvalue weighted by atomic mass is 16.5. The molecule has 0 unspecified atom stereocenters. The van der Waals surface area contributed by atoms with Gasteiger partial charge in [-0.1, -0.05) is 51.1 Å². The second-order valence-corrected chi connectivity index (χ2v) is 7.60. The summed E-state index contributed by atoms with van der Waals surface area (Å²) in [4.78, 5) is 24.8. The first-order chi connectivity index (χ1) is 13.8. The molecule has 0 N–H and O–H groups in total. The van der Waals surface area contributed by atoms with Gasteiger partial charge in [0.15, 0.2) is 0 Å². The number of furan rings is 1. The SMILES string of the molecule is CCOC(=O)c1c(C(C)(C)C)oc2ccc(OC(=O)C=Cc3ccccc3)cc12. The summed E-state index contributed by atoms with van der Waals surface area (Å²) in [5, 5.41) is 0.561. The molecule has 0 spiro atoms. The maximum absolute atomic E-state index is 12.6. The molecule has 0 saturated heterocycles. The Morgan fingerprint density at radius 1 is 1.07 bits per heavy atom. The molecule has 2 aromatic carbocycles. The van der Waals surface area contributed by atoms with Gasteiger partial charge in [-0.05, 0) is 36.8 Å². The van der Waals surface area contributed by atoms with Gasteiger partial charge in [0.25, 0.3) is 0 Å². The minimum absolute atomic E-state index is 0.258. The van der Waals surface area contributed by atoms with Gasteiger partial charge >= 0.3 is 11.9 Å². The van der Waals surface area contributed by atoms with Gasteiger partial charge in [0.2, 0.25) is 0 Å². The van der Waals surface area contributed by atoms with E-state index in [0.29, 0.717) is 28.0 Å². The van der Waals surface area contributed by atoms with Gasteiger partial charge in [-0.15, -0.1) is 0 Å². The maximum Gasteiger partial charge on any atom is 0.342 e. The van der Waals surface area contributed by atoms with Crippen molar-refractivity contribution in [2.75, 3.05) is 6.61 Å². The van der Waals surface area contributed by atoms with Crippen LogP contribution in [0.25, 0.3) is 17.0 Å². The zero-order valence-corrected chi connectivity index (χ0v) is 17.0. The molecule has 5 heteroatoms. The van der Waals surface area contributed by atoms with E-state index in [1.807, 2.05) is 51.1 Å². The second kappa shape index (κ2) is 8.35. The molecular formula is C24H24O5. The smallest absolute Gasteiger partial charge is 0.342 e. The van der Waals surface area contributed by atoms with Gasteiger partial charge < -0.3 is 13.9 Å². The number of hydrogen-bond donors (Lipinski definition) is 0. The Morgan fingerprint density at radius 2 is 1.79 bits per heavy atom. The van der Waals surface area contributed by atoms with Crippen molar-refractivity contribution in [2.24, 2.45) is 0 Å². The number of esters is 2. The number of hydrogen-bond acceptors (Lipinski definition) is 5. The highest BCUT2D eigenvalue weighted by Crippen LogP contribution is 2.36.